The molecule has 32 heavy (non-hydrogen) atoms. The van der Waals surface area contributed by atoms with Crippen molar-refractivity contribution < 1.29 is 18.6 Å². The van der Waals surface area contributed by atoms with E-state index in [9.17, 15) is 0 Å². The predicted octanol–water partition coefficient (Wildman–Crippen LogP) is 7.05. The van der Waals surface area contributed by atoms with Crippen LogP contribution in [0.15, 0.2) is 70.1 Å². The molecule has 3 aromatic carbocycles. The van der Waals surface area contributed by atoms with Crippen molar-refractivity contribution in [1.82, 2.24) is 0 Å². The van der Waals surface area contributed by atoms with Gasteiger partial charge in [0.1, 0.15) is 17.1 Å². The minimum atomic E-state index is 0.458. The molecular weight excluding hydrogens is 449 g/mol. The predicted molar refractivity (Wildman–Crippen MR) is 128 cm³/mol. The summed E-state index contributed by atoms with van der Waals surface area (Å²) in [5, 5.41) is 2.49. The van der Waals surface area contributed by atoms with Crippen molar-refractivity contribution in [2.75, 3.05) is 20.8 Å². The summed E-state index contributed by atoms with van der Waals surface area (Å²) in [5.74, 6) is 2.58. The Labute approximate surface area is 195 Å². The molecule has 0 amide bonds. The lowest BCUT2D eigenvalue weighted by Crippen LogP contribution is -2.04. The van der Waals surface area contributed by atoms with Gasteiger partial charge in [0, 0.05) is 22.0 Å². The molecule has 164 valence electrons. The normalized spacial score (nSPS) is 11.6. The lowest BCUT2D eigenvalue weighted by molar-refractivity contribution is 0.340. The van der Waals surface area contributed by atoms with Crippen LogP contribution in [0.4, 0.5) is 5.69 Å². The van der Waals surface area contributed by atoms with E-state index in [0.717, 1.165) is 16.7 Å². The summed E-state index contributed by atoms with van der Waals surface area (Å²) in [5.41, 5.74) is 2.07. The maximum absolute atomic E-state index is 6.38. The first-order valence-electron chi connectivity index (χ1n) is 9.95. The van der Waals surface area contributed by atoms with E-state index < -0.39 is 0 Å². The van der Waals surface area contributed by atoms with E-state index in [1.807, 2.05) is 49.4 Å². The van der Waals surface area contributed by atoms with Crippen LogP contribution in [-0.4, -0.2) is 20.8 Å². The molecule has 4 aromatic rings. The van der Waals surface area contributed by atoms with Crippen molar-refractivity contribution in [1.29, 1.82) is 0 Å². The molecule has 1 heterocycles. The first-order valence-corrected chi connectivity index (χ1v) is 10.7. The second-order valence-corrected chi connectivity index (χ2v) is 7.71. The molecule has 0 aliphatic carbocycles. The zero-order chi connectivity index (χ0) is 22.7. The fraction of sp³-hybridized carbons (Fsp3) is 0.160. The number of hydrogen-bond donors (Lipinski definition) is 0. The summed E-state index contributed by atoms with van der Waals surface area (Å²) in [6.07, 6.45) is 0. The fourth-order valence-electron chi connectivity index (χ4n) is 3.33. The van der Waals surface area contributed by atoms with E-state index >= 15 is 0 Å². The Morgan fingerprint density at radius 2 is 1.69 bits per heavy atom. The monoisotopic (exact) mass is 469 g/mol. The van der Waals surface area contributed by atoms with E-state index in [-0.39, 0.29) is 0 Å². The molecule has 0 saturated carbocycles. The third-order valence-electron chi connectivity index (χ3n) is 4.84. The smallest absolute Gasteiger partial charge is 0.161 e. The Kier molecular flexibility index (Phi) is 6.58. The summed E-state index contributed by atoms with van der Waals surface area (Å²) < 4.78 is 22.7. The van der Waals surface area contributed by atoms with Gasteiger partial charge in [-0.25, -0.2) is 4.99 Å². The summed E-state index contributed by atoms with van der Waals surface area (Å²) in [4.78, 5) is 4.81. The molecule has 0 radical (unpaired) electrons. The van der Waals surface area contributed by atoms with Gasteiger partial charge in [-0.2, -0.15) is 0 Å². The van der Waals surface area contributed by atoms with Crippen molar-refractivity contribution in [3.05, 3.63) is 76.1 Å². The number of benzene rings is 3. The standard InChI is InChI=1S/C25H21Cl2NO4/c1-4-31-17-7-10-22-18(13-17)21(28-20-8-6-16(26)12-19(20)27)14-24(32-22)15-5-9-23(29-2)25(11-15)30-3/h5-14H,4H2,1-3H3. The van der Waals surface area contributed by atoms with Gasteiger partial charge in [0.15, 0.2) is 11.5 Å². The van der Waals surface area contributed by atoms with Crippen molar-refractivity contribution in [3.8, 4) is 28.6 Å². The van der Waals surface area contributed by atoms with Crippen molar-refractivity contribution in [2.45, 2.75) is 6.92 Å². The number of hydrogen-bond acceptors (Lipinski definition) is 5. The van der Waals surface area contributed by atoms with Gasteiger partial charge in [-0.3, -0.25) is 0 Å². The van der Waals surface area contributed by atoms with Crippen LogP contribution in [0.3, 0.4) is 0 Å². The highest BCUT2D eigenvalue weighted by Gasteiger charge is 2.12. The quantitative estimate of drug-likeness (QED) is 0.303. The van der Waals surface area contributed by atoms with Crippen LogP contribution in [0.2, 0.25) is 10.0 Å². The zero-order valence-electron chi connectivity index (χ0n) is 17.8. The summed E-state index contributed by atoms with van der Waals surface area (Å²) in [7, 11) is 3.19. The number of halogens is 2. The molecule has 0 fully saturated rings. The van der Waals surface area contributed by atoms with Crippen LogP contribution in [-0.2, 0) is 0 Å². The molecule has 0 N–H and O–H groups in total. The molecule has 5 nitrogen and oxygen atoms in total. The molecule has 7 heteroatoms. The Hall–Kier alpha value is -3.15. The van der Waals surface area contributed by atoms with Crippen molar-refractivity contribution in [3.63, 3.8) is 0 Å². The number of rotatable bonds is 6. The highest BCUT2D eigenvalue weighted by atomic mass is 35.5. The maximum Gasteiger partial charge on any atom is 0.161 e. The van der Waals surface area contributed by atoms with Gasteiger partial charge in [0.25, 0.3) is 0 Å². The minimum absolute atomic E-state index is 0.458. The van der Waals surface area contributed by atoms with Crippen LogP contribution < -0.4 is 19.6 Å². The topological polar surface area (TPSA) is 53.2 Å². The van der Waals surface area contributed by atoms with Crippen LogP contribution in [0.5, 0.6) is 17.2 Å². The third-order valence-corrected chi connectivity index (χ3v) is 5.38. The molecule has 0 aliphatic rings. The Balaban J connectivity index is 1.97. The second kappa shape index (κ2) is 9.55. The fourth-order valence-corrected chi connectivity index (χ4v) is 3.78. The van der Waals surface area contributed by atoms with Gasteiger partial charge in [-0.05, 0) is 61.5 Å². The average Bonchev–Trinajstić information content (AvgIpc) is 2.80. The molecule has 4 rings (SSSR count). The number of ether oxygens (including phenoxy) is 3. The van der Waals surface area contributed by atoms with E-state index in [4.69, 9.17) is 46.8 Å². The van der Waals surface area contributed by atoms with Crippen LogP contribution in [0.1, 0.15) is 6.92 Å². The third kappa shape index (κ3) is 4.54. The summed E-state index contributed by atoms with van der Waals surface area (Å²) in [6.45, 7) is 2.50. The zero-order valence-corrected chi connectivity index (χ0v) is 19.3. The first-order chi connectivity index (χ1) is 15.5. The molecule has 0 spiro atoms. The first kappa shape index (κ1) is 22.1. The molecule has 0 bridgehead atoms. The van der Waals surface area contributed by atoms with E-state index in [1.165, 1.54) is 0 Å². The van der Waals surface area contributed by atoms with E-state index in [1.54, 1.807) is 32.4 Å². The van der Waals surface area contributed by atoms with Crippen LogP contribution >= 0.6 is 23.2 Å². The van der Waals surface area contributed by atoms with E-state index in [2.05, 4.69) is 0 Å². The van der Waals surface area contributed by atoms with Gasteiger partial charge in [0.2, 0.25) is 0 Å². The molecule has 0 unspecified atom stereocenters. The molecule has 0 atom stereocenters. The van der Waals surface area contributed by atoms with Crippen molar-refractivity contribution in [2.24, 2.45) is 4.99 Å². The van der Waals surface area contributed by atoms with Crippen molar-refractivity contribution >= 4 is 39.9 Å². The molecular formula is C25H21Cl2NO4. The van der Waals surface area contributed by atoms with E-state index in [0.29, 0.717) is 50.5 Å². The van der Waals surface area contributed by atoms with Gasteiger partial charge in [0.05, 0.1) is 36.9 Å². The SMILES string of the molecule is CCOc1ccc2oc(-c3ccc(OC)c(OC)c3)cc(=Nc3ccc(Cl)cc3Cl)c2c1. The van der Waals surface area contributed by atoms with Gasteiger partial charge in [-0.15, -0.1) is 0 Å². The maximum atomic E-state index is 6.38. The minimum Gasteiger partial charge on any atom is -0.494 e. The second-order valence-electron chi connectivity index (χ2n) is 6.86. The number of methoxy groups -OCH3 is 2. The Morgan fingerprint density at radius 3 is 2.41 bits per heavy atom. The largest absolute Gasteiger partial charge is 0.494 e. The lowest BCUT2D eigenvalue weighted by atomic mass is 10.1. The van der Waals surface area contributed by atoms with Gasteiger partial charge >= 0.3 is 0 Å². The molecule has 1 aromatic heterocycles. The lowest BCUT2D eigenvalue weighted by Gasteiger charge is -2.11. The van der Waals surface area contributed by atoms with Gasteiger partial charge < -0.3 is 18.6 Å². The Bertz CT molecular complexity index is 1350. The highest BCUT2D eigenvalue weighted by Crippen LogP contribution is 2.34. The van der Waals surface area contributed by atoms with Crippen LogP contribution in [0.25, 0.3) is 22.3 Å². The summed E-state index contributed by atoms with van der Waals surface area (Å²) >= 11 is 12.4. The summed E-state index contributed by atoms with van der Waals surface area (Å²) in [6, 6.07) is 18.3. The number of fused-ring (bicyclic) bond motifs is 1. The Morgan fingerprint density at radius 1 is 0.875 bits per heavy atom. The van der Waals surface area contributed by atoms with Crippen LogP contribution in [0, 0.1) is 0 Å². The molecule has 0 saturated heterocycles. The molecule has 0 aliphatic heterocycles. The average molecular weight is 470 g/mol. The highest BCUT2D eigenvalue weighted by molar-refractivity contribution is 6.36. The number of nitrogens with zero attached hydrogens (tertiary/aromatic N) is 1. The van der Waals surface area contributed by atoms with Gasteiger partial charge in [-0.1, -0.05) is 23.2 Å².